The van der Waals surface area contributed by atoms with E-state index in [-0.39, 0.29) is 13.2 Å². The highest BCUT2D eigenvalue weighted by atomic mass is 16.5. The zero-order valence-electron chi connectivity index (χ0n) is 17.5. The summed E-state index contributed by atoms with van der Waals surface area (Å²) in [5, 5.41) is 13.7. The molecule has 0 saturated carbocycles. The molecule has 3 aromatic rings. The number of aryl methyl sites for hydroxylation is 1. The molecule has 0 unspecified atom stereocenters. The van der Waals surface area contributed by atoms with Gasteiger partial charge in [-0.2, -0.15) is 5.10 Å². The smallest absolute Gasteiger partial charge is 0.161 e. The van der Waals surface area contributed by atoms with Gasteiger partial charge in [-0.05, 0) is 44.4 Å². The van der Waals surface area contributed by atoms with Crippen LogP contribution in [-0.2, 0) is 13.0 Å². The van der Waals surface area contributed by atoms with Crippen LogP contribution in [0.25, 0.3) is 5.65 Å². The van der Waals surface area contributed by atoms with Gasteiger partial charge in [0.25, 0.3) is 0 Å². The van der Waals surface area contributed by atoms with Crippen LogP contribution in [0, 0.1) is 6.92 Å². The number of aliphatic hydroxyl groups is 1. The topological polar surface area (TPSA) is 72.1 Å². The highest BCUT2D eigenvalue weighted by Gasteiger charge is 2.41. The monoisotopic (exact) mass is 408 g/mol. The van der Waals surface area contributed by atoms with Crippen LogP contribution in [0.1, 0.15) is 48.3 Å². The Morgan fingerprint density at radius 1 is 1.17 bits per heavy atom. The molecule has 5 rings (SSSR count). The van der Waals surface area contributed by atoms with Crippen LogP contribution in [0.3, 0.4) is 0 Å². The number of benzene rings is 1. The SMILES string of the molecule is CCOc1cc(CN2[C@H]3CC[C@H]2c2cnc4cc(C)nn4c2C3)ccc1OCCO. The van der Waals surface area contributed by atoms with Crippen molar-refractivity contribution in [1.82, 2.24) is 19.5 Å². The highest BCUT2D eigenvalue weighted by molar-refractivity contribution is 5.45. The number of aromatic nitrogens is 3. The summed E-state index contributed by atoms with van der Waals surface area (Å²) in [5.74, 6) is 1.42. The maximum atomic E-state index is 9.05. The van der Waals surface area contributed by atoms with E-state index < -0.39 is 0 Å². The largest absolute Gasteiger partial charge is 0.490 e. The minimum atomic E-state index is -0.0130. The predicted molar refractivity (Wildman–Crippen MR) is 113 cm³/mol. The summed E-state index contributed by atoms with van der Waals surface area (Å²) in [5.41, 5.74) is 5.79. The maximum Gasteiger partial charge on any atom is 0.161 e. The zero-order valence-corrected chi connectivity index (χ0v) is 17.5. The number of aliphatic hydroxyl groups excluding tert-OH is 1. The second kappa shape index (κ2) is 7.89. The molecular formula is C23H28N4O3. The summed E-state index contributed by atoms with van der Waals surface area (Å²) in [6.45, 7) is 5.68. The predicted octanol–water partition coefficient (Wildman–Crippen LogP) is 3.07. The van der Waals surface area contributed by atoms with E-state index in [0.717, 1.165) is 36.5 Å². The van der Waals surface area contributed by atoms with Crippen molar-refractivity contribution in [2.24, 2.45) is 0 Å². The lowest BCUT2D eigenvalue weighted by molar-refractivity contribution is 0.164. The summed E-state index contributed by atoms with van der Waals surface area (Å²) in [6, 6.07) is 9.06. The van der Waals surface area contributed by atoms with Gasteiger partial charge >= 0.3 is 0 Å². The third kappa shape index (κ3) is 3.32. The lowest BCUT2D eigenvalue weighted by atomic mass is 9.98. The third-order valence-corrected chi connectivity index (χ3v) is 6.19. The first kappa shape index (κ1) is 19.3. The maximum absolute atomic E-state index is 9.05. The van der Waals surface area contributed by atoms with Crippen molar-refractivity contribution in [2.45, 2.75) is 51.7 Å². The second-order valence-electron chi connectivity index (χ2n) is 8.13. The molecule has 2 aliphatic rings. The van der Waals surface area contributed by atoms with Crippen LogP contribution in [0.4, 0.5) is 0 Å². The molecule has 158 valence electrons. The third-order valence-electron chi connectivity index (χ3n) is 6.19. The molecular weight excluding hydrogens is 380 g/mol. The van der Waals surface area contributed by atoms with Crippen molar-refractivity contribution >= 4 is 5.65 Å². The van der Waals surface area contributed by atoms with Gasteiger partial charge in [0.2, 0.25) is 0 Å². The van der Waals surface area contributed by atoms with E-state index in [4.69, 9.17) is 14.6 Å². The summed E-state index contributed by atoms with van der Waals surface area (Å²) in [7, 11) is 0. The van der Waals surface area contributed by atoms with Crippen LogP contribution in [0.2, 0.25) is 0 Å². The van der Waals surface area contributed by atoms with Crippen molar-refractivity contribution in [3.8, 4) is 11.5 Å². The van der Waals surface area contributed by atoms with Crippen molar-refractivity contribution in [3.05, 3.63) is 53.0 Å². The minimum Gasteiger partial charge on any atom is -0.490 e. The number of ether oxygens (including phenoxy) is 2. The van der Waals surface area contributed by atoms with Crippen LogP contribution < -0.4 is 9.47 Å². The van der Waals surface area contributed by atoms with Crippen LogP contribution in [0.15, 0.2) is 30.5 Å². The highest BCUT2D eigenvalue weighted by Crippen LogP contribution is 2.44. The van der Waals surface area contributed by atoms with Crippen LogP contribution >= 0.6 is 0 Å². The molecule has 0 radical (unpaired) electrons. The Morgan fingerprint density at radius 3 is 2.90 bits per heavy atom. The van der Waals surface area contributed by atoms with E-state index in [1.54, 1.807) is 0 Å². The van der Waals surface area contributed by atoms with Crippen molar-refractivity contribution in [2.75, 3.05) is 19.8 Å². The summed E-state index contributed by atoms with van der Waals surface area (Å²) in [6.07, 6.45) is 5.41. The lowest BCUT2D eigenvalue weighted by Crippen LogP contribution is -2.38. The average molecular weight is 409 g/mol. The Morgan fingerprint density at radius 2 is 2.07 bits per heavy atom. The number of hydrogen-bond donors (Lipinski definition) is 1. The van der Waals surface area contributed by atoms with Crippen molar-refractivity contribution < 1.29 is 14.6 Å². The summed E-state index contributed by atoms with van der Waals surface area (Å²) < 4.78 is 13.5. The molecule has 1 fully saturated rings. The lowest BCUT2D eigenvalue weighted by Gasteiger charge is -2.36. The molecule has 7 heteroatoms. The van der Waals surface area contributed by atoms with Gasteiger partial charge in [0, 0.05) is 42.9 Å². The molecule has 1 aromatic carbocycles. The molecule has 2 atom stereocenters. The number of fused-ring (bicyclic) bond motifs is 6. The number of rotatable bonds is 7. The fourth-order valence-electron chi connectivity index (χ4n) is 4.95. The molecule has 30 heavy (non-hydrogen) atoms. The van der Waals surface area contributed by atoms with Gasteiger partial charge in [-0.1, -0.05) is 6.07 Å². The van der Waals surface area contributed by atoms with Crippen molar-refractivity contribution in [3.63, 3.8) is 0 Å². The molecule has 2 aliphatic heterocycles. The Kier molecular flexibility index (Phi) is 5.08. The first-order valence-corrected chi connectivity index (χ1v) is 10.8. The average Bonchev–Trinajstić information content (AvgIpc) is 3.25. The first-order valence-electron chi connectivity index (χ1n) is 10.8. The van der Waals surface area contributed by atoms with Gasteiger partial charge < -0.3 is 14.6 Å². The van der Waals surface area contributed by atoms with E-state index in [1.165, 1.54) is 23.2 Å². The Hall–Kier alpha value is -2.64. The molecule has 2 bridgehead atoms. The molecule has 0 amide bonds. The van der Waals surface area contributed by atoms with E-state index in [2.05, 4.69) is 33.3 Å². The van der Waals surface area contributed by atoms with E-state index in [1.807, 2.05) is 30.5 Å². The van der Waals surface area contributed by atoms with Crippen molar-refractivity contribution in [1.29, 1.82) is 0 Å². The fourth-order valence-corrected chi connectivity index (χ4v) is 4.95. The zero-order chi connectivity index (χ0) is 20.7. The summed E-state index contributed by atoms with van der Waals surface area (Å²) in [4.78, 5) is 7.27. The Labute approximate surface area is 176 Å². The van der Waals surface area contributed by atoms with Gasteiger partial charge in [0.15, 0.2) is 17.1 Å². The molecule has 1 saturated heterocycles. The van der Waals surface area contributed by atoms with Gasteiger partial charge in [-0.25, -0.2) is 9.50 Å². The van der Waals surface area contributed by atoms with Crippen LogP contribution in [0.5, 0.6) is 11.5 Å². The Balaban J connectivity index is 1.42. The van der Waals surface area contributed by atoms with Gasteiger partial charge in [-0.3, -0.25) is 4.90 Å². The van der Waals surface area contributed by atoms with E-state index in [9.17, 15) is 0 Å². The van der Waals surface area contributed by atoms with Crippen LogP contribution in [-0.4, -0.2) is 50.5 Å². The van der Waals surface area contributed by atoms with Gasteiger partial charge in [0.1, 0.15) is 6.61 Å². The van der Waals surface area contributed by atoms with Gasteiger partial charge in [0.05, 0.1) is 24.6 Å². The summed E-state index contributed by atoms with van der Waals surface area (Å²) >= 11 is 0. The number of nitrogens with zero attached hydrogens (tertiary/aromatic N) is 4. The minimum absolute atomic E-state index is 0.0130. The second-order valence-corrected chi connectivity index (χ2v) is 8.13. The molecule has 2 aromatic heterocycles. The Bertz CT molecular complexity index is 1060. The molecule has 0 spiro atoms. The van der Waals surface area contributed by atoms with E-state index >= 15 is 0 Å². The van der Waals surface area contributed by atoms with E-state index in [0.29, 0.717) is 24.4 Å². The fraction of sp³-hybridized carbons (Fsp3) is 0.478. The normalized spacial score (nSPS) is 20.5. The molecule has 7 nitrogen and oxygen atoms in total. The molecule has 1 N–H and O–H groups in total. The number of hydrogen-bond acceptors (Lipinski definition) is 6. The molecule has 4 heterocycles. The van der Waals surface area contributed by atoms with Gasteiger partial charge in [-0.15, -0.1) is 0 Å². The first-order chi connectivity index (χ1) is 14.7. The standard InChI is InChI=1S/C23H28N4O3/c1-3-29-22-11-16(4-7-21(22)30-9-8-28)14-26-17-5-6-19(26)18-13-24-23-10-15(2)25-27(23)20(18)12-17/h4,7,10-11,13,17,19,28H,3,5-6,8-9,12,14H2,1-2H3/t17-,19-/m0/s1. The quantitative estimate of drug-likeness (QED) is 0.648. The molecule has 0 aliphatic carbocycles.